The Morgan fingerprint density at radius 2 is 2.05 bits per heavy atom. The van der Waals surface area contributed by atoms with Gasteiger partial charge in [0.2, 0.25) is 0 Å². The highest BCUT2D eigenvalue weighted by Crippen LogP contribution is 2.31. The van der Waals surface area contributed by atoms with E-state index in [0.29, 0.717) is 23.9 Å². The van der Waals surface area contributed by atoms with E-state index in [-0.39, 0.29) is 11.8 Å². The average Bonchev–Trinajstić information content (AvgIpc) is 2.51. The van der Waals surface area contributed by atoms with Crippen molar-refractivity contribution in [2.75, 3.05) is 25.1 Å². The third kappa shape index (κ3) is 3.80. The van der Waals surface area contributed by atoms with Gasteiger partial charge in [-0.05, 0) is 37.2 Å². The number of hydrogen-bond donors (Lipinski definition) is 1. The highest BCUT2D eigenvalue weighted by molar-refractivity contribution is 6.33. The molecule has 0 spiro atoms. The Labute approximate surface area is 127 Å². The van der Waals surface area contributed by atoms with Crippen LogP contribution >= 0.6 is 11.6 Å². The lowest BCUT2D eigenvalue weighted by molar-refractivity contribution is 0.380. The summed E-state index contributed by atoms with van der Waals surface area (Å²) in [7, 11) is 1.48. The quantitative estimate of drug-likeness (QED) is 0.889. The lowest BCUT2D eigenvalue weighted by Gasteiger charge is -2.24. The van der Waals surface area contributed by atoms with E-state index in [0.717, 1.165) is 12.1 Å². The van der Waals surface area contributed by atoms with Gasteiger partial charge in [-0.2, -0.15) is 4.98 Å². The zero-order valence-electron chi connectivity index (χ0n) is 11.6. The molecule has 0 bridgehead atoms. The Morgan fingerprint density at radius 3 is 2.67 bits per heavy atom. The van der Waals surface area contributed by atoms with E-state index in [1.54, 1.807) is 12.1 Å². The van der Waals surface area contributed by atoms with E-state index < -0.39 is 0 Å². The summed E-state index contributed by atoms with van der Waals surface area (Å²) < 4.78 is 18.1. The minimum absolute atomic E-state index is 0.217. The van der Waals surface area contributed by atoms with E-state index >= 15 is 0 Å². The molecule has 0 saturated carbocycles. The molecule has 1 heterocycles. The molecule has 5 nitrogen and oxygen atoms in total. The lowest BCUT2D eigenvalue weighted by atomic mass is 10.2. The summed E-state index contributed by atoms with van der Waals surface area (Å²) in [5, 5.41) is 0.386. The molecular formula is C14H16ClFN4O. The fraction of sp³-hybridized carbons (Fsp3) is 0.286. The van der Waals surface area contributed by atoms with Gasteiger partial charge in [-0.3, -0.25) is 0 Å². The number of hydrogen-bond acceptors (Lipinski definition) is 5. The summed E-state index contributed by atoms with van der Waals surface area (Å²) in [6.07, 6.45) is 2.21. The van der Waals surface area contributed by atoms with Crippen LogP contribution in [0.25, 0.3) is 0 Å². The summed E-state index contributed by atoms with van der Waals surface area (Å²) in [5.74, 6) is 0.201. The second-order valence-corrected chi connectivity index (χ2v) is 4.71. The standard InChI is InChI=1S/C14H16ClFN4O/c1-21-14-18-9-12(15)13(19-14)20(8-2-7-17)11-5-3-10(16)4-6-11/h3-6,9H,2,7-8,17H2,1H3. The number of methoxy groups -OCH3 is 1. The smallest absolute Gasteiger partial charge is 0.318 e. The molecule has 0 fully saturated rings. The van der Waals surface area contributed by atoms with Crippen molar-refractivity contribution in [3.8, 4) is 6.01 Å². The summed E-state index contributed by atoms with van der Waals surface area (Å²) in [5.41, 5.74) is 6.34. The molecule has 21 heavy (non-hydrogen) atoms. The Hall–Kier alpha value is -1.92. The van der Waals surface area contributed by atoms with Gasteiger partial charge in [0.1, 0.15) is 10.8 Å². The molecule has 0 aliphatic heterocycles. The maximum atomic E-state index is 13.1. The van der Waals surface area contributed by atoms with Crippen molar-refractivity contribution in [2.24, 2.45) is 5.73 Å². The molecule has 1 aromatic heterocycles. The van der Waals surface area contributed by atoms with Crippen LogP contribution in [0.5, 0.6) is 6.01 Å². The molecule has 1 aromatic carbocycles. The van der Waals surface area contributed by atoms with Gasteiger partial charge < -0.3 is 15.4 Å². The second-order valence-electron chi connectivity index (χ2n) is 4.30. The van der Waals surface area contributed by atoms with E-state index in [9.17, 15) is 4.39 Å². The molecule has 0 amide bonds. The van der Waals surface area contributed by atoms with Gasteiger partial charge >= 0.3 is 6.01 Å². The van der Waals surface area contributed by atoms with Crippen molar-refractivity contribution in [3.05, 3.63) is 41.3 Å². The van der Waals surface area contributed by atoms with Gasteiger partial charge in [0, 0.05) is 12.2 Å². The van der Waals surface area contributed by atoms with Crippen LogP contribution in [0.15, 0.2) is 30.5 Å². The number of halogens is 2. The first-order valence-corrected chi connectivity index (χ1v) is 6.83. The van der Waals surface area contributed by atoms with Crippen molar-refractivity contribution in [1.82, 2.24) is 9.97 Å². The van der Waals surface area contributed by atoms with Gasteiger partial charge in [0.15, 0.2) is 5.82 Å². The van der Waals surface area contributed by atoms with E-state index in [1.165, 1.54) is 25.4 Å². The first-order valence-electron chi connectivity index (χ1n) is 6.45. The number of aromatic nitrogens is 2. The van der Waals surface area contributed by atoms with Gasteiger partial charge in [-0.15, -0.1) is 0 Å². The van der Waals surface area contributed by atoms with Crippen molar-refractivity contribution < 1.29 is 9.13 Å². The Bertz CT molecular complexity index is 594. The third-order valence-corrected chi connectivity index (χ3v) is 3.13. The number of ether oxygens (including phenoxy) is 1. The van der Waals surface area contributed by atoms with Crippen LogP contribution in [0, 0.1) is 5.82 Å². The van der Waals surface area contributed by atoms with Crippen LogP contribution in [0.3, 0.4) is 0 Å². The van der Waals surface area contributed by atoms with Crippen LogP contribution in [0.4, 0.5) is 15.9 Å². The largest absolute Gasteiger partial charge is 0.467 e. The third-order valence-electron chi connectivity index (χ3n) is 2.87. The molecule has 0 unspecified atom stereocenters. The summed E-state index contributed by atoms with van der Waals surface area (Å²) in [6, 6.07) is 6.32. The molecular weight excluding hydrogens is 295 g/mol. The van der Waals surface area contributed by atoms with Crippen LogP contribution in [-0.2, 0) is 0 Å². The number of benzene rings is 1. The number of nitrogens with two attached hydrogens (primary N) is 1. The average molecular weight is 311 g/mol. The predicted octanol–water partition coefficient (Wildman–Crippen LogP) is 2.76. The lowest BCUT2D eigenvalue weighted by Crippen LogP contribution is -2.22. The topological polar surface area (TPSA) is 64.3 Å². The zero-order chi connectivity index (χ0) is 15.2. The Morgan fingerprint density at radius 1 is 1.33 bits per heavy atom. The van der Waals surface area contributed by atoms with Gasteiger partial charge in [0.25, 0.3) is 0 Å². The number of rotatable bonds is 6. The maximum absolute atomic E-state index is 13.1. The summed E-state index contributed by atoms with van der Waals surface area (Å²) in [4.78, 5) is 10.1. The molecule has 2 rings (SSSR count). The number of nitrogens with zero attached hydrogens (tertiary/aromatic N) is 3. The first kappa shape index (κ1) is 15.5. The molecule has 0 saturated heterocycles. The molecule has 0 radical (unpaired) electrons. The SMILES string of the molecule is COc1ncc(Cl)c(N(CCCN)c2ccc(F)cc2)n1. The van der Waals surface area contributed by atoms with E-state index in [1.807, 2.05) is 4.90 Å². The van der Waals surface area contributed by atoms with E-state index in [4.69, 9.17) is 22.1 Å². The fourth-order valence-electron chi connectivity index (χ4n) is 1.86. The van der Waals surface area contributed by atoms with E-state index in [2.05, 4.69) is 9.97 Å². The summed E-state index contributed by atoms with van der Waals surface area (Å²) >= 11 is 6.18. The van der Waals surface area contributed by atoms with Crippen LogP contribution in [0.1, 0.15) is 6.42 Å². The van der Waals surface area contributed by atoms with Crippen LogP contribution in [0.2, 0.25) is 5.02 Å². The van der Waals surface area contributed by atoms with Gasteiger partial charge in [-0.1, -0.05) is 11.6 Å². The van der Waals surface area contributed by atoms with Crippen molar-refractivity contribution >= 4 is 23.1 Å². The molecule has 0 aliphatic rings. The summed E-state index contributed by atoms with van der Waals surface area (Å²) in [6.45, 7) is 1.12. The molecule has 0 atom stereocenters. The van der Waals surface area contributed by atoms with Crippen molar-refractivity contribution in [1.29, 1.82) is 0 Å². The number of anilines is 2. The molecule has 2 N–H and O–H groups in total. The molecule has 112 valence electrons. The molecule has 2 aromatic rings. The zero-order valence-corrected chi connectivity index (χ0v) is 12.3. The highest BCUT2D eigenvalue weighted by atomic mass is 35.5. The second kappa shape index (κ2) is 7.19. The first-order chi connectivity index (χ1) is 10.2. The normalized spacial score (nSPS) is 10.5. The minimum Gasteiger partial charge on any atom is -0.467 e. The Kier molecular flexibility index (Phi) is 5.30. The molecule has 0 aliphatic carbocycles. The minimum atomic E-state index is -0.302. The molecule has 7 heteroatoms. The Balaban J connectivity index is 2.42. The van der Waals surface area contributed by atoms with Crippen molar-refractivity contribution in [3.63, 3.8) is 0 Å². The highest BCUT2D eigenvalue weighted by Gasteiger charge is 2.16. The maximum Gasteiger partial charge on any atom is 0.318 e. The van der Waals surface area contributed by atoms with Crippen LogP contribution in [-0.4, -0.2) is 30.2 Å². The van der Waals surface area contributed by atoms with Gasteiger partial charge in [0.05, 0.1) is 13.3 Å². The monoisotopic (exact) mass is 310 g/mol. The van der Waals surface area contributed by atoms with Crippen LogP contribution < -0.4 is 15.4 Å². The van der Waals surface area contributed by atoms with Gasteiger partial charge in [-0.25, -0.2) is 9.37 Å². The predicted molar refractivity (Wildman–Crippen MR) is 80.7 cm³/mol. The fourth-order valence-corrected chi connectivity index (χ4v) is 2.05. The van der Waals surface area contributed by atoms with Crippen molar-refractivity contribution in [2.45, 2.75) is 6.42 Å².